The number of hydrogen-bond donors (Lipinski definition) is 2. The van der Waals surface area contributed by atoms with Crippen LogP contribution in [0.25, 0.3) is 0 Å². The first-order valence-corrected chi connectivity index (χ1v) is 25.4. The van der Waals surface area contributed by atoms with E-state index in [0.29, 0.717) is 88.6 Å². The highest BCUT2D eigenvalue weighted by molar-refractivity contribution is 6.76. The number of nitrogens with one attached hydrogen (secondary N) is 1. The molecule has 0 bridgehead atoms. The standard InChI is InChI=1S/C49H52N6O9Si/c1-60-42-20-36-38(52-46(56)40-18-29-9-6-7-10-31(29)24-53(40)47(36)57)22-44(42)63-26-34-11-8-12-35(51-34)27-64-45-23-39-37(21-43(45)61-2)48(58)54-25-32-17-33(50)14-13-30(32)19-41(54)49(59)55(39)28-62-15-16-65(3,4)5/h6-14,17,20-23,40-41H,15-16,18-19,24-28,50H2,1-5H3,(H,52,56)/t40-,41-/m0/s1. The Balaban J connectivity index is 0.936. The predicted molar refractivity (Wildman–Crippen MR) is 246 cm³/mol. The minimum absolute atomic E-state index is 0.0148. The Morgan fingerprint density at radius 3 is 2.02 bits per heavy atom. The molecule has 0 unspecified atom stereocenters. The highest BCUT2D eigenvalue weighted by Gasteiger charge is 2.43. The van der Waals surface area contributed by atoms with Gasteiger partial charge in [-0.15, -0.1) is 0 Å². The molecular formula is C49H52N6O9Si. The van der Waals surface area contributed by atoms with Gasteiger partial charge in [0.15, 0.2) is 23.0 Å². The number of aromatic nitrogens is 1. The second-order valence-electron chi connectivity index (χ2n) is 18.0. The Morgan fingerprint density at radius 2 is 1.31 bits per heavy atom. The molecule has 4 amide bonds. The summed E-state index contributed by atoms with van der Waals surface area (Å²) in [6.07, 6.45) is 0.764. The first-order valence-electron chi connectivity index (χ1n) is 21.7. The molecule has 0 spiro atoms. The zero-order chi connectivity index (χ0) is 45.6. The summed E-state index contributed by atoms with van der Waals surface area (Å²) >= 11 is 0. The van der Waals surface area contributed by atoms with Gasteiger partial charge in [0.2, 0.25) is 5.91 Å². The first kappa shape index (κ1) is 43.3. The number of nitrogens with two attached hydrogens (primary N) is 1. The van der Waals surface area contributed by atoms with Gasteiger partial charge in [0.05, 0.1) is 48.1 Å². The molecular weight excluding hydrogens is 845 g/mol. The Labute approximate surface area is 378 Å². The fourth-order valence-electron chi connectivity index (χ4n) is 8.82. The Morgan fingerprint density at radius 1 is 0.692 bits per heavy atom. The van der Waals surface area contributed by atoms with Crippen molar-refractivity contribution in [2.24, 2.45) is 0 Å². The van der Waals surface area contributed by atoms with Crippen molar-refractivity contribution in [3.8, 4) is 23.0 Å². The largest absolute Gasteiger partial charge is 0.493 e. The van der Waals surface area contributed by atoms with Crippen LogP contribution in [0, 0.1) is 0 Å². The van der Waals surface area contributed by atoms with E-state index in [4.69, 9.17) is 34.4 Å². The lowest BCUT2D eigenvalue weighted by molar-refractivity contribution is -0.124. The number of carbonyl (C=O) groups excluding carboxylic acids is 4. The van der Waals surface area contributed by atoms with Crippen LogP contribution >= 0.6 is 0 Å². The summed E-state index contributed by atoms with van der Waals surface area (Å²) in [4.78, 5) is 66.0. The molecule has 4 aromatic carbocycles. The maximum absolute atomic E-state index is 14.5. The van der Waals surface area contributed by atoms with Gasteiger partial charge in [-0.25, -0.2) is 0 Å². The number of pyridine rings is 1. The van der Waals surface area contributed by atoms with E-state index in [1.165, 1.54) is 14.2 Å². The van der Waals surface area contributed by atoms with Gasteiger partial charge in [-0.3, -0.25) is 29.1 Å². The molecule has 3 N–H and O–H groups in total. The number of hydrogen-bond acceptors (Lipinski definition) is 11. The summed E-state index contributed by atoms with van der Waals surface area (Å²) in [5.41, 5.74) is 13.1. The Kier molecular flexibility index (Phi) is 11.7. The van der Waals surface area contributed by atoms with E-state index in [-0.39, 0.29) is 50.1 Å². The van der Waals surface area contributed by atoms with Crippen molar-refractivity contribution in [1.29, 1.82) is 0 Å². The number of rotatable bonds is 13. The van der Waals surface area contributed by atoms with E-state index in [9.17, 15) is 19.2 Å². The highest BCUT2D eigenvalue weighted by Crippen LogP contribution is 2.42. The number of benzene rings is 4. The third-order valence-corrected chi connectivity index (χ3v) is 14.1. The van der Waals surface area contributed by atoms with E-state index in [0.717, 1.165) is 28.3 Å². The maximum atomic E-state index is 14.5. The third-order valence-electron chi connectivity index (χ3n) is 12.4. The summed E-state index contributed by atoms with van der Waals surface area (Å²) in [6, 6.07) is 24.9. The highest BCUT2D eigenvalue weighted by atomic mass is 28.3. The van der Waals surface area contributed by atoms with Gasteiger partial charge in [-0.2, -0.15) is 0 Å². The minimum atomic E-state index is -1.43. The lowest BCUT2D eigenvalue weighted by atomic mass is 9.92. The van der Waals surface area contributed by atoms with Gasteiger partial charge in [0, 0.05) is 58.4 Å². The topological polar surface area (TPSA) is 175 Å². The number of nitrogen functional groups attached to an aromatic ring is 1. The van der Waals surface area contributed by atoms with Crippen molar-refractivity contribution >= 4 is 48.8 Å². The van der Waals surface area contributed by atoms with Crippen molar-refractivity contribution in [2.75, 3.05) is 43.5 Å². The zero-order valence-corrected chi connectivity index (χ0v) is 38.1. The lowest BCUT2D eigenvalue weighted by Gasteiger charge is -2.35. The minimum Gasteiger partial charge on any atom is -0.493 e. The van der Waals surface area contributed by atoms with Crippen molar-refractivity contribution < 1.29 is 42.9 Å². The van der Waals surface area contributed by atoms with Crippen LogP contribution in [0.5, 0.6) is 23.0 Å². The SMILES string of the molecule is COc1cc2c(cc1OCc1cccc(COc3cc4c(cc3OC)C(=O)N3Cc5cc(N)ccc5C[C@H]3C(=O)N4COCC[Si](C)(C)C)n1)NC(=O)[C@@H]1Cc3ccccc3CN1C2=O. The number of anilines is 3. The first-order chi connectivity index (χ1) is 31.3. The second kappa shape index (κ2) is 17.6. The fourth-order valence-corrected chi connectivity index (χ4v) is 9.58. The average Bonchev–Trinajstić information content (AvgIpc) is 3.44. The number of methoxy groups -OCH3 is 2. The molecule has 9 rings (SSSR count). The van der Waals surface area contributed by atoms with Crippen LogP contribution < -0.4 is 34.9 Å². The molecule has 16 heteroatoms. The quantitative estimate of drug-likeness (QED) is 0.0742. The predicted octanol–water partition coefficient (Wildman–Crippen LogP) is 6.58. The third kappa shape index (κ3) is 8.70. The van der Waals surface area contributed by atoms with Crippen LogP contribution in [0.4, 0.5) is 17.1 Å². The summed E-state index contributed by atoms with van der Waals surface area (Å²) in [6.45, 7) is 7.84. The van der Waals surface area contributed by atoms with Crippen LogP contribution in [0.2, 0.25) is 25.7 Å². The molecule has 0 fully saturated rings. The van der Waals surface area contributed by atoms with Gasteiger partial charge in [-0.05, 0) is 64.7 Å². The number of fused-ring (bicyclic) bond motifs is 6. The smallest absolute Gasteiger partial charge is 0.257 e. The van der Waals surface area contributed by atoms with Crippen LogP contribution in [0.1, 0.15) is 54.4 Å². The molecule has 5 aromatic rings. The van der Waals surface area contributed by atoms with Crippen LogP contribution in [-0.4, -0.2) is 86.1 Å². The molecule has 1 aromatic heterocycles. The molecule has 0 radical (unpaired) electrons. The van der Waals surface area contributed by atoms with Crippen LogP contribution in [0.15, 0.2) is 84.9 Å². The van der Waals surface area contributed by atoms with Gasteiger partial charge in [0.1, 0.15) is 32.0 Å². The Hall–Kier alpha value is -6.91. The monoisotopic (exact) mass is 896 g/mol. The van der Waals surface area contributed by atoms with Crippen molar-refractivity contribution in [2.45, 2.75) is 76.9 Å². The van der Waals surface area contributed by atoms with Gasteiger partial charge >= 0.3 is 0 Å². The zero-order valence-electron chi connectivity index (χ0n) is 37.1. The van der Waals surface area contributed by atoms with Crippen molar-refractivity contribution in [3.05, 3.63) is 130 Å². The molecule has 4 aliphatic rings. The van der Waals surface area contributed by atoms with E-state index >= 15 is 0 Å². The fraction of sp³-hybridized carbons (Fsp3) is 0.327. The van der Waals surface area contributed by atoms with Gasteiger partial charge in [0.25, 0.3) is 17.7 Å². The molecule has 5 heterocycles. The van der Waals surface area contributed by atoms with Crippen LogP contribution in [-0.2, 0) is 53.5 Å². The summed E-state index contributed by atoms with van der Waals surface area (Å²) in [5.74, 6) is 0.171. The van der Waals surface area contributed by atoms with Gasteiger partial charge in [-0.1, -0.05) is 56.0 Å². The van der Waals surface area contributed by atoms with Gasteiger partial charge < -0.3 is 44.5 Å². The molecule has 15 nitrogen and oxygen atoms in total. The van der Waals surface area contributed by atoms with Crippen LogP contribution in [0.3, 0.4) is 0 Å². The summed E-state index contributed by atoms with van der Waals surface area (Å²) in [7, 11) is 1.56. The van der Waals surface area contributed by atoms with E-state index in [1.54, 1.807) is 39.0 Å². The molecule has 2 atom stereocenters. The normalized spacial score (nSPS) is 17.6. The Bertz CT molecular complexity index is 2720. The maximum Gasteiger partial charge on any atom is 0.257 e. The average molecular weight is 897 g/mol. The van der Waals surface area contributed by atoms with E-state index < -0.39 is 20.2 Å². The lowest BCUT2D eigenvalue weighted by Crippen LogP contribution is -2.52. The summed E-state index contributed by atoms with van der Waals surface area (Å²) < 4.78 is 30.2. The number of amides is 4. The van der Waals surface area contributed by atoms with Crippen molar-refractivity contribution in [1.82, 2.24) is 14.8 Å². The molecule has 0 saturated heterocycles. The molecule has 0 aliphatic carbocycles. The number of ether oxygens (including phenoxy) is 5. The van der Waals surface area contributed by atoms with E-state index in [1.807, 2.05) is 60.7 Å². The molecule has 4 aliphatic heterocycles. The molecule has 336 valence electrons. The molecule has 0 saturated carbocycles. The summed E-state index contributed by atoms with van der Waals surface area (Å²) in [5, 5.41) is 2.96. The molecule has 65 heavy (non-hydrogen) atoms. The number of nitrogens with zero attached hydrogens (tertiary/aromatic N) is 4. The second-order valence-corrected chi connectivity index (χ2v) is 23.6. The van der Waals surface area contributed by atoms with Crippen molar-refractivity contribution in [3.63, 3.8) is 0 Å². The van der Waals surface area contributed by atoms with E-state index in [2.05, 4.69) is 25.0 Å². The number of carbonyl (C=O) groups is 4.